The molecule has 0 N–H and O–H groups in total. The van der Waals surface area contributed by atoms with E-state index in [1.807, 2.05) is 19.1 Å². The van der Waals surface area contributed by atoms with Gasteiger partial charge in [0.05, 0.1) is 20.3 Å². The normalized spacial score (nSPS) is 20.2. The highest BCUT2D eigenvalue weighted by Gasteiger charge is 2.52. The van der Waals surface area contributed by atoms with E-state index in [9.17, 15) is 9.59 Å². The van der Waals surface area contributed by atoms with Gasteiger partial charge in [0.2, 0.25) is 0 Å². The summed E-state index contributed by atoms with van der Waals surface area (Å²) in [5.41, 5.74) is 0.732. The van der Waals surface area contributed by atoms with Crippen molar-refractivity contribution in [3.63, 3.8) is 0 Å². The number of methoxy groups -OCH3 is 1. The molecule has 0 radical (unpaired) electrons. The number of carbonyl (C=O) groups excluding carboxylic acids is 2. The molecule has 0 aliphatic carbocycles. The zero-order valence-corrected chi connectivity index (χ0v) is 26.5. The Hall–Kier alpha value is -3.71. The molecule has 43 heavy (non-hydrogen) atoms. The summed E-state index contributed by atoms with van der Waals surface area (Å²) in [6, 6.07) is 13.8. The summed E-state index contributed by atoms with van der Waals surface area (Å²) in [5, 5.41) is 0. The van der Waals surface area contributed by atoms with Gasteiger partial charge in [0.15, 0.2) is 0 Å². The number of pyridine rings is 1. The Morgan fingerprint density at radius 1 is 1.16 bits per heavy atom. The monoisotopic (exact) mass is 700 g/mol. The minimum atomic E-state index is -0.996. The molecule has 2 aliphatic rings. The Morgan fingerprint density at radius 2 is 1.86 bits per heavy atom. The number of rotatable bonds is 9. The van der Waals surface area contributed by atoms with Crippen LogP contribution in [0, 0.1) is 9.39 Å². The molecule has 0 unspecified atom stereocenters. The summed E-state index contributed by atoms with van der Waals surface area (Å²) in [6.07, 6.45) is 1.64. The second-order valence-electron chi connectivity index (χ2n) is 10.4. The van der Waals surface area contributed by atoms with E-state index in [2.05, 4.69) is 34.1 Å². The summed E-state index contributed by atoms with van der Waals surface area (Å²) < 4.78 is 32.7. The van der Waals surface area contributed by atoms with Crippen LogP contribution in [0.4, 0.5) is 16.0 Å². The molecular formula is C32H34FIN4O5. The van der Waals surface area contributed by atoms with E-state index >= 15 is 4.39 Å². The Morgan fingerprint density at radius 3 is 2.51 bits per heavy atom. The fraction of sp³-hybridized carbons (Fsp3) is 0.344. The van der Waals surface area contributed by atoms with E-state index in [1.54, 1.807) is 54.4 Å². The first-order chi connectivity index (χ1) is 20.7. The lowest BCUT2D eigenvalue weighted by Gasteiger charge is -2.30. The first kappa shape index (κ1) is 30.7. The number of halogens is 2. The van der Waals surface area contributed by atoms with Crippen LogP contribution in [0.15, 0.2) is 67.3 Å². The van der Waals surface area contributed by atoms with Gasteiger partial charge in [0.1, 0.15) is 41.6 Å². The molecular weight excluding hydrogens is 666 g/mol. The third-order valence-electron chi connectivity index (χ3n) is 7.89. The molecule has 3 heterocycles. The van der Waals surface area contributed by atoms with Crippen LogP contribution < -0.4 is 19.3 Å². The van der Waals surface area contributed by atoms with Crippen molar-refractivity contribution in [3.8, 4) is 11.5 Å². The summed E-state index contributed by atoms with van der Waals surface area (Å²) in [5.74, 6) is 0.247. The number of morpholine rings is 1. The molecule has 9 nitrogen and oxygen atoms in total. The summed E-state index contributed by atoms with van der Waals surface area (Å²) in [4.78, 5) is 38.1. The van der Waals surface area contributed by atoms with Crippen molar-refractivity contribution in [1.82, 2.24) is 9.88 Å². The number of benzene rings is 2. The number of anilines is 2. The van der Waals surface area contributed by atoms with Gasteiger partial charge in [0.25, 0.3) is 11.8 Å². The minimum absolute atomic E-state index is 0.336. The van der Waals surface area contributed by atoms with Crippen molar-refractivity contribution >= 4 is 46.0 Å². The molecule has 2 aliphatic heterocycles. The Labute approximate surface area is 264 Å². The number of amides is 2. The summed E-state index contributed by atoms with van der Waals surface area (Å²) in [6.45, 7) is 8.43. The Bertz CT molecular complexity index is 1470. The van der Waals surface area contributed by atoms with Gasteiger partial charge in [-0.05, 0) is 72.0 Å². The van der Waals surface area contributed by atoms with Crippen LogP contribution in [-0.4, -0.2) is 80.8 Å². The lowest BCUT2D eigenvalue weighted by Crippen LogP contribution is -2.45. The average Bonchev–Trinajstić information content (AvgIpc) is 3.28. The first-order valence-electron chi connectivity index (χ1n) is 14.0. The second-order valence-corrected chi connectivity index (χ2v) is 11.6. The van der Waals surface area contributed by atoms with Crippen LogP contribution in [0.5, 0.6) is 11.5 Å². The minimum Gasteiger partial charge on any atom is -0.497 e. The SMILES string of the molecule is C=CCOc1ccc(C(=O)N(C)[C@@H]2C(=O)N(c3cccc(N4CCOCC4)n3)[C@@H](C)[C@H]2c2c(F)cc(OC)cc2I)cc1. The molecule has 5 rings (SSSR count). The largest absolute Gasteiger partial charge is 0.497 e. The molecule has 3 aromatic rings. The zero-order valence-electron chi connectivity index (χ0n) is 24.3. The number of ether oxygens (including phenoxy) is 3. The van der Waals surface area contributed by atoms with E-state index in [4.69, 9.17) is 19.2 Å². The van der Waals surface area contributed by atoms with Crippen molar-refractivity contribution in [1.29, 1.82) is 0 Å². The van der Waals surface area contributed by atoms with Crippen LogP contribution >= 0.6 is 22.6 Å². The number of nitrogens with zero attached hydrogens (tertiary/aromatic N) is 4. The third-order valence-corrected chi connectivity index (χ3v) is 8.78. The van der Waals surface area contributed by atoms with Gasteiger partial charge in [0, 0.05) is 52.9 Å². The number of hydrogen-bond acceptors (Lipinski definition) is 7. The quantitative estimate of drug-likeness (QED) is 0.232. The smallest absolute Gasteiger partial charge is 0.254 e. The van der Waals surface area contributed by atoms with E-state index in [0.29, 0.717) is 64.9 Å². The molecule has 0 bridgehead atoms. The van der Waals surface area contributed by atoms with Gasteiger partial charge in [-0.15, -0.1) is 0 Å². The van der Waals surface area contributed by atoms with Gasteiger partial charge in [-0.3, -0.25) is 14.5 Å². The van der Waals surface area contributed by atoms with Crippen molar-refractivity contribution in [3.05, 3.63) is 87.8 Å². The van der Waals surface area contributed by atoms with Gasteiger partial charge < -0.3 is 24.0 Å². The molecule has 0 spiro atoms. The average molecular weight is 701 g/mol. The van der Waals surface area contributed by atoms with Crippen molar-refractivity contribution in [2.24, 2.45) is 0 Å². The van der Waals surface area contributed by atoms with Crippen molar-refractivity contribution in [2.45, 2.75) is 24.9 Å². The molecule has 2 saturated heterocycles. The molecule has 2 fully saturated rings. The molecule has 2 aromatic carbocycles. The summed E-state index contributed by atoms with van der Waals surface area (Å²) in [7, 11) is 3.06. The predicted molar refractivity (Wildman–Crippen MR) is 171 cm³/mol. The van der Waals surface area contributed by atoms with Crippen LogP contribution in [0.25, 0.3) is 0 Å². The van der Waals surface area contributed by atoms with E-state index in [-0.39, 0.29) is 11.8 Å². The number of hydrogen-bond donors (Lipinski definition) is 0. The zero-order chi connectivity index (χ0) is 30.7. The molecule has 3 atom stereocenters. The van der Waals surface area contributed by atoms with E-state index < -0.39 is 23.8 Å². The maximum atomic E-state index is 15.8. The highest BCUT2D eigenvalue weighted by atomic mass is 127. The van der Waals surface area contributed by atoms with Crippen LogP contribution in [0.3, 0.4) is 0 Å². The fourth-order valence-electron chi connectivity index (χ4n) is 5.74. The molecule has 226 valence electrons. The van der Waals surface area contributed by atoms with E-state index in [1.165, 1.54) is 18.1 Å². The predicted octanol–water partition coefficient (Wildman–Crippen LogP) is 4.90. The first-order valence-corrected chi connectivity index (χ1v) is 15.1. The van der Waals surface area contributed by atoms with Crippen LogP contribution in [-0.2, 0) is 9.53 Å². The fourth-order valence-corrected chi connectivity index (χ4v) is 6.66. The third kappa shape index (κ3) is 6.19. The molecule has 1 aromatic heterocycles. The van der Waals surface area contributed by atoms with Gasteiger partial charge in [-0.1, -0.05) is 18.7 Å². The van der Waals surface area contributed by atoms with Gasteiger partial charge in [-0.25, -0.2) is 9.37 Å². The number of aromatic nitrogens is 1. The molecule has 0 saturated carbocycles. The van der Waals surface area contributed by atoms with Gasteiger partial charge >= 0.3 is 0 Å². The standard InChI is InChI=1S/C32H34FIN4O5/c1-5-15-43-22-11-9-21(10-12-22)31(39)36(3)30-28(29-24(33)18-23(41-4)19-25(29)34)20(2)38(32(30)40)27-8-6-7-26(35-27)37-13-16-42-17-14-37/h5-12,18-20,28,30H,1,13-17H2,2-4H3/t20-,28-,30-/m0/s1. The molecule has 2 amide bonds. The van der Waals surface area contributed by atoms with Crippen LogP contribution in [0.2, 0.25) is 0 Å². The second kappa shape index (κ2) is 13.3. The van der Waals surface area contributed by atoms with Crippen molar-refractivity contribution < 1.29 is 28.2 Å². The highest BCUT2D eigenvalue weighted by molar-refractivity contribution is 14.1. The van der Waals surface area contributed by atoms with Crippen molar-refractivity contribution in [2.75, 3.05) is 56.9 Å². The van der Waals surface area contributed by atoms with Gasteiger partial charge in [-0.2, -0.15) is 0 Å². The lowest BCUT2D eigenvalue weighted by atomic mass is 9.87. The Kier molecular flexibility index (Phi) is 9.50. The van der Waals surface area contributed by atoms with E-state index in [0.717, 1.165) is 5.82 Å². The lowest BCUT2D eigenvalue weighted by molar-refractivity contribution is -0.121. The number of carbonyl (C=O) groups is 2. The highest BCUT2D eigenvalue weighted by Crippen LogP contribution is 2.43. The maximum Gasteiger partial charge on any atom is 0.254 e. The topological polar surface area (TPSA) is 84.4 Å². The Balaban J connectivity index is 1.54. The molecule has 11 heteroatoms. The maximum absolute atomic E-state index is 15.8. The number of likely N-dealkylation sites (N-methyl/N-ethyl adjacent to an activating group) is 1. The van der Waals surface area contributed by atoms with Crippen LogP contribution in [0.1, 0.15) is 28.8 Å². The summed E-state index contributed by atoms with van der Waals surface area (Å²) >= 11 is 2.07.